The smallest absolute Gasteiger partial charge is 0.255 e. The van der Waals surface area contributed by atoms with E-state index in [1.807, 2.05) is 13.0 Å². The Labute approximate surface area is 127 Å². The quantitative estimate of drug-likeness (QED) is 0.938. The number of carbonyl (C=O) groups excluding carboxylic acids is 1. The molecule has 0 bridgehead atoms. The summed E-state index contributed by atoms with van der Waals surface area (Å²) in [6, 6.07) is 11.8. The predicted molar refractivity (Wildman–Crippen MR) is 81.9 cm³/mol. The maximum absolute atomic E-state index is 12.2. The van der Waals surface area contributed by atoms with E-state index in [9.17, 15) is 4.79 Å². The van der Waals surface area contributed by atoms with Gasteiger partial charge >= 0.3 is 0 Å². The fourth-order valence-corrected chi connectivity index (χ4v) is 1.97. The summed E-state index contributed by atoms with van der Waals surface area (Å²) in [6.45, 7) is 1.85. The molecule has 2 aromatic carbocycles. The molecule has 0 spiro atoms. The second kappa shape index (κ2) is 6.29. The van der Waals surface area contributed by atoms with Gasteiger partial charge in [-0.1, -0.05) is 11.6 Å². The van der Waals surface area contributed by atoms with Crippen LogP contribution in [0.1, 0.15) is 21.5 Å². The van der Waals surface area contributed by atoms with Crippen molar-refractivity contribution in [2.45, 2.75) is 6.92 Å². The monoisotopic (exact) mass is 300 g/mol. The lowest BCUT2D eigenvalue weighted by Gasteiger charge is -2.12. The van der Waals surface area contributed by atoms with E-state index >= 15 is 0 Å². The van der Waals surface area contributed by atoms with Crippen LogP contribution in [0.4, 0.5) is 5.69 Å². The molecule has 2 aromatic rings. The number of aryl methyl sites for hydroxylation is 1. The number of anilines is 1. The van der Waals surface area contributed by atoms with Crippen LogP contribution in [-0.4, -0.2) is 13.0 Å². The molecule has 0 fully saturated rings. The fourth-order valence-electron chi connectivity index (χ4n) is 1.82. The molecule has 0 unspecified atom stereocenters. The Kier molecular flexibility index (Phi) is 4.46. The zero-order valence-corrected chi connectivity index (χ0v) is 12.4. The summed E-state index contributed by atoms with van der Waals surface area (Å²) in [5.41, 5.74) is 2.36. The molecule has 106 valence electrons. The van der Waals surface area contributed by atoms with Gasteiger partial charge in [0.25, 0.3) is 5.91 Å². The molecule has 5 heteroatoms. The van der Waals surface area contributed by atoms with E-state index < -0.39 is 0 Å². The van der Waals surface area contributed by atoms with Gasteiger partial charge in [0.05, 0.1) is 24.4 Å². The first-order valence-electron chi connectivity index (χ1n) is 6.21. The number of rotatable bonds is 3. The largest absolute Gasteiger partial charge is 0.495 e. The number of methoxy groups -OCH3 is 1. The van der Waals surface area contributed by atoms with E-state index in [1.54, 1.807) is 36.4 Å². The minimum Gasteiger partial charge on any atom is -0.495 e. The van der Waals surface area contributed by atoms with Crippen LogP contribution >= 0.6 is 11.6 Å². The highest BCUT2D eigenvalue weighted by molar-refractivity contribution is 6.31. The number of nitrogens with zero attached hydrogens (tertiary/aromatic N) is 1. The zero-order chi connectivity index (χ0) is 15.4. The van der Waals surface area contributed by atoms with Crippen molar-refractivity contribution in [2.24, 2.45) is 0 Å². The molecule has 0 aromatic heterocycles. The lowest BCUT2D eigenvalue weighted by atomic mass is 10.1. The Morgan fingerprint density at radius 1 is 1.29 bits per heavy atom. The minimum absolute atomic E-state index is 0.278. The standard InChI is InChI=1S/C16H13ClN2O2/c1-10-7-14(15(21-2)8-13(10)17)19-16(20)12-5-3-11(9-18)4-6-12/h3-8H,1-2H3,(H,19,20). The topological polar surface area (TPSA) is 62.1 Å². The molecule has 4 nitrogen and oxygen atoms in total. The average Bonchev–Trinajstić information content (AvgIpc) is 2.50. The molecule has 0 atom stereocenters. The molecular formula is C16H13ClN2O2. The van der Waals surface area contributed by atoms with Crippen LogP contribution in [0.15, 0.2) is 36.4 Å². The lowest BCUT2D eigenvalue weighted by molar-refractivity contribution is 0.102. The highest BCUT2D eigenvalue weighted by Gasteiger charge is 2.11. The molecule has 1 amide bonds. The summed E-state index contributed by atoms with van der Waals surface area (Å²) in [6.07, 6.45) is 0. The maximum Gasteiger partial charge on any atom is 0.255 e. The molecule has 0 saturated carbocycles. The van der Waals surface area contributed by atoms with Crippen LogP contribution < -0.4 is 10.1 Å². The highest BCUT2D eigenvalue weighted by atomic mass is 35.5. The Morgan fingerprint density at radius 3 is 2.52 bits per heavy atom. The van der Waals surface area contributed by atoms with Gasteiger partial charge < -0.3 is 10.1 Å². The van der Waals surface area contributed by atoms with Gasteiger partial charge in [0.15, 0.2) is 0 Å². The third kappa shape index (κ3) is 3.33. The fraction of sp³-hybridized carbons (Fsp3) is 0.125. The Hall–Kier alpha value is -2.51. The van der Waals surface area contributed by atoms with Crippen molar-refractivity contribution in [1.29, 1.82) is 5.26 Å². The Morgan fingerprint density at radius 2 is 1.95 bits per heavy atom. The molecule has 0 aliphatic carbocycles. The summed E-state index contributed by atoms with van der Waals surface area (Å²) in [7, 11) is 1.51. The van der Waals surface area contributed by atoms with Crippen LogP contribution in [-0.2, 0) is 0 Å². The van der Waals surface area contributed by atoms with Gasteiger partial charge in [-0.05, 0) is 42.8 Å². The molecule has 1 N–H and O–H groups in total. The number of hydrogen-bond donors (Lipinski definition) is 1. The molecule has 21 heavy (non-hydrogen) atoms. The van der Waals surface area contributed by atoms with Crippen molar-refractivity contribution in [2.75, 3.05) is 12.4 Å². The van der Waals surface area contributed by atoms with Crippen LogP contribution in [0, 0.1) is 18.3 Å². The highest BCUT2D eigenvalue weighted by Crippen LogP contribution is 2.31. The van der Waals surface area contributed by atoms with Crippen LogP contribution in [0.2, 0.25) is 5.02 Å². The van der Waals surface area contributed by atoms with E-state index in [0.717, 1.165) is 5.56 Å². The third-order valence-corrected chi connectivity index (χ3v) is 3.41. The number of nitrogens with one attached hydrogen (secondary N) is 1. The van der Waals surface area contributed by atoms with Crippen LogP contribution in [0.5, 0.6) is 5.75 Å². The first-order chi connectivity index (χ1) is 10.0. The summed E-state index contributed by atoms with van der Waals surface area (Å²) in [5.74, 6) is 0.215. The Balaban J connectivity index is 2.26. The number of nitriles is 1. The van der Waals surface area contributed by atoms with Gasteiger partial charge in [-0.15, -0.1) is 0 Å². The van der Waals surface area contributed by atoms with E-state index in [-0.39, 0.29) is 5.91 Å². The van der Waals surface area contributed by atoms with Gasteiger partial charge in [-0.2, -0.15) is 5.26 Å². The summed E-state index contributed by atoms with van der Waals surface area (Å²) < 4.78 is 5.21. The van der Waals surface area contributed by atoms with Crippen molar-refractivity contribution >= 4 is 23.2 Å². The predicted octanol–water partition coefficient (Wildman–Crippen LogP) is 3.78. The van der Waals surface area contributed by atoms with Crippen molar-refractivity contribution in [3.63, 3.8) is 0 Å². The maximum atomic E-state index is 12.2. The third-order valence-electron chi connectivity index (χ3n) is 3.01. The summed E-state index contributed by atoms with van der Waals surface area (Å²) in [5, 5.41) is 12.1. The van der Waals surface area contributed by atoms with Crippen LogP contribution in [0.3, 0.4) is 0 Å². The van der Waals surface area contributed by atoms with E-state index in [0.29, 0.717) is 27.6 Å². The summed E-state index contributed by atoms with van der Waals surface area (Å²) in [4.78, 5) is 12.2. The minimum atomic E-state index is -0.278. The van der Waals surface area contributed by atoms with Crippen molar-refractivity contribution in [1.82, 2.24) is 0 Å². The second-order valence-electron chi connectivity index (χ2n) is 4.44. The lowest BCUT2D eigenvalue weighted by Crippen LogP contribution is -2.12. The van der Waals surface area contributed by atoms with Crippen molar-refractivity contribution < 1.29 is 9.53 Å². The molecule has 0 aliphatic heterocycles. The molecular weight excluding hydrogens is 288 g/mol. The Bertz CT molecular complexity index is 718. The molecule has 0 aliphatic rings. The van der Waals surface area contributed by atoms with Crippen molar-refractivity contribution in [3.8, 4) is 11.8 Å². The number of carbonyl (C=O) groups is 1. The molecule has 0 radical (unpaired) electrons. The number of benzene rings is 2. The zero-order valence-electron chi connectivity index (χ0n) is 11.6. The van der Waals surface area contributed by atoms with Gasteiger partial charge in [-0.25, -0.2) is 0 Å². The molecule has 2 rings (SSSR count). The number of ether oxygens (including phenoxy) is 1. The molecule has 0 heterocycles. The number of hydrogen-bond acceptors (Lipinski definition) is 3. The first kappa shape index (κ1) is 14.9. The molecule has 0 saturated heterocycles. The van der Waals surface area contributed by atoms with E-state index in [1.165, 1.54) is 7.11 Å². The van der Waals surface area contributed by atoms with Gasteiger partial charge in [0.2, 0.25) is 0 Å². The van der Waals surface area contributed by atoms with Gasteiger partial charge in [-0.3, -0.25) is 4.79 Å². The van der Waals surface area contributed by atoms with Crippen LogP contribution in [0.25, 0.3) is 0 Å². The number of halogens is 1. The van der Waals surface area contributed by atoms with Crippen molar-refractivity contribution in [3.05, 3.63) is 58.1 Å². The normalized spacial score (nSPS) is 9.81. The van der Waals surface area contributed by atoms with E-state index in [2.05, 4.69) is 5.32 Å². The van der Waals surface area contributed by atoms with E-state index in [4.69, 9.17) is 21.6 Å². The SMILES string of the molecule is COc1cc(Cl)c(C)cc1NC(=O)c1ccc(C#N)cc1. The average molecular weight is 301 g/mol. The first-order valence-corrected chi connectivity index (χ1v) is 6.58. The summed E-state index contributed by atoms with van der Waals surface area (Å²) >= 11 is 6.03. The number of amides is 1. The van der Waals surface area contributed by atoms with Gasteiger partial charge in [0.1, 0.15) is 5.75 Å². The second-order valence-corrected chi connectivity index (χ2v) is 4.85. The van der Waals surface area contributed by atoms with Gasteiger partial charge in [0, 0.05) is 16.7 Å².